The van der Waals surface area contributed by atoms with Crippen LogP contribution in [-0.4, -0.2) is 12.6 Å². The average Bonchev–Trinajstić information content (AvgIpc) is 2.93. The van der Waals surface area contributed by atoms with Crippen molar-refractivity contribution >= 4 is 23.1 Å². The van der Waals surface area contributed by atoms with Crippen LogP contribution in [0.2, 0.25) is 0 Å². The van der Waals surface area contributed by atoms with E-state index < -0.39 is 0 Å². The first-order valence-corrected chi connectivity index (χ1v) is 7.38. The molecule has 0 unspecified atom stereocenters. The Labute approximate surface area is 128 Å². The molecule has 1 heterocycles. The molecule has 21 heavy (non-hydrogen) atoms. The molecule has 4 nitrogen and oxygen atoms in total. The summed E-state index contributed by atoms with van der Waals surface area (Å²) in [6.45, 7) is 2.84. The third-order valence-electron chi connectivity index (χ3n) is 2.71. The van der Waals surface area contributed by atoms with Gasteiger partial charge in [-0.25, -0.2) is 4.79 Å². The van der Waals surface area contributed by atoms with Gasteiger partial charge in [0.15, 0.2) is 0 Å². The van der Waals surface area contributed by atoms with Gasteiger partial charge in [0.2, 0.25) is 0 Å². The number of benzene rings is 1. The maximum atomic E-state index is 11.8. The first-order chi connectivity index (χ1) is 10.2. The summed E-state index contributed by atoms with van der Waals surface area (Å²) in [5, 5.41) is 5.61. The molecule has 4 N–H and O–H groups in total. The summed E-state index contributed by atoms with van der Waals surface area (Å²) < 4.78 is 0. The molecule has 0 radical (unpaired) electrons. The minimum atomic E-state index is -0.221. The van der Waals surface area contributed by atoms with Crippen LogP contribution < -0.4 is 16.4 Å². The van der Waals surface area contributed by atoms with Crippen molar-refractivity contribution in [2.45, 2.75) is 13.5 Å². The topological polar surface area (TPSA) is 67.2 Å². The number of nitrogens with one attached hydrogen (secondary N) is 2. The van der Waals surface area contributed by atoms with Gasteiger partial charge >= 0.3 is 6.03 Å². The van der Waals surface area contributed by atoms with Crippen molar-refractivity contribution < 1.29 is 4.79 Å². The molecule has 1 aromatic carbocycles. The quantitative estimate of drug-likeness (QED) is 0.763. The van der Waals surface area contributed by atoms with Gasteiger partial charge in [0.25, 0.3) is 0 Å². The highest BCUT2D eigenvalue weighted by molar-refractivity contribution is 7.12. The summed E-state index contributed by atoms with van der Waals surface area (Å²) in [5.41, 5.74) is 7.26. The van der Waals surface area contributed by atoms with Gasteiger partial charge in [-0.15, -0.1) is 11.3 Å². The van der Waals surface area contributed by atoms with E-state index in [2.05, 4.69) is 22.5 Å². The maximum Gasteiger partial charge on any atom is 0.319 e. The predicted octanol–water partition coefficient (Wildman–Crippen LogP) is 2.69. The lowest BCUT2D eigenvalue weighted by Crippen LogP contribution is -2.27. The van der Waals surface area contributed by atoms with E-state index >= 15 is 0 Å². The standard InChI is InChI=1S/C16H17N3OS/c1-12-4-6-13(7-5-12)19-16(20)18-11-15-9-8-14(21-15)3-2-10-17/h4-9H,10-11,17H2,1H3,(H2,18,19,20). The third kappa shape index (κ3) is 4.95. The van der Waals surface area contributed by atoms with E-state index in [-0.39, 0.29) is 6.03 Å². The van der Waals surface area contributed by atoms with Crippen LogP contribution in [0.15, 0.2) is 36.4 Å². The average molecular weight is 299 g/mol. The Morgan fingerprint density at radius 1 is 1.24 bits per heavy atom. The van der Waals surface area contributed by atoms with Gasteiger partial charge in [0.05, 0.1) is 18.0 Å². The zero-order chi connectivity index (χ0) is 15.1. The molecule has 1 aromatic heterocycles. The summed E-state index contributed by atoms with van der Waals surface area (Å²) in [4.78, 5) is 13.8. The molecule has 0 saturated carbocycles. The van der Waals surface area contributed by atoms with Crippen molar-refractivity contribution in [1.82, 2.24) is 5.32 Å². The summed E-state index contributed by atoms with van der Waals surface area (Å²) in [7, 11) is 0. The zero-order valence-electron chi connectivity index (χ0n) is 11.8. The van der Waals surface area contributed by atoms with Crippen LogP contribution >= 0.6 is 11.3 Å². The highest BCUT2D eigenvalue weighted by atomic mass is 32.1. The first kappa shape index (κ1) is 15.1. The number of hydrogen-bond acceptors (Lipinski definition) is 3. The normalized spacial score (nSPS) is 9.62. The van der Waals surface area contributed by atoms with E-state index in [4.69, 9.17) is 5.73 Å². The second-order valence-corrected chi connectivity index (χ2v) is 5.61. The highest BCUT2D eigenvalue weighted by Crippen LogP contribution is 2.15. The fourth-order valence-corrected chi connectivity index (χ4v) is 2.48. The van der Waals surface area contributed by atoms with Gasteiger partial charge in [-0.05, 0) is 31.2 Å². The Kier molecular flexibility index (Phi) is 5.38. The molecule has 5 heteroatoms. The molecule has 0 fully saturated rings. The third-order valence-corrected chi connectivity index (χ3v) is 3.71. The van der Waals surface area contributed by atoms with Crippen molar-refractivity contribution in [2.24, 2.45) is 5.73 Å². The molecule has 2 rings (SSSR count). The summed E-state index contributed by atoms with van der Waals surface area (Å²) in [6.07, 6.45) is 0. The summed E-state index contributed by atoms with van der Waals surface area (Å²) in [5.74, 6) is 5.78. The van der Waals surface area contributed by atoms with Crippen LogP contribution in [0.25, 0.3) is 0 Å². The second-order valence-electron chi connectivity index (χ2n) is 4.45. The number of anilines is 1. The molecule has 0 atom stereocenters. The molecule has 2 amide bonds. The lowest BCUT2D eigenvalue weighted by atomic mass is 10.2. The smallest absolute Gasteiger partial charge is 0.319 e. The van der Waals surface area contributed by atoms with Gasteiger partial charge in [-0.1, -0.05) is 29.5 Å². The number of carbonyl (C=O) groups excluding carboxylic acids is 1. The van der Waals surface area contributed by atoms with Gasteiger partial charge < -0.3 is 16.4 Å². The van der Waals surface area contributed by atoms with E-state index in [0.29, 0.717) is 13.1 Å². The number of amides is 2. The number of aryl methyl sites for hydroxylation is 1. The number of hydrogen-bond donors (Lipinski definition) is 3. The SMILES string of the molecule is Cc1ccc(NC(=O)NCc2ccc(C#CCN)s2)cc1. The molecule has 0 aliphatic rings. The molecule has 0 spiro atoms. The molecule has 0 bridgehead atoms. The van der Waals surface area contributed by atoms with Crippen LogP contribution in [0, 0.1) is 18.8 Å². The minimum Gasteiger partial charge on any atom is -0.333 e. The van der Waals surface area contributed by atoms with Crippen LogP contribution in [0.1, 0.15) is 15.3 Å². The maximum absolute atomic E-state index is 11.8. The lowest BCUT2D eigenvalue weighted by Gasteiger charge is -2.06. The molecule has 0 aliphatic heterocycles. The summed E-state index contributed by atoms with van der Waals surface area (Å²) in [6, 6.07) is 11.3. The Hall–Kier alpha value is -2.29. The Balaban J connectivity index is 1.83. The van der Waals surface area contributed by atoms with Crippen LogP contribution in [0.4, 0.5) is 10.5 Å². The molecule has 0 saturated heterocycles. The van der Waals surface area contributed by atoms with E-state index in [9.17, 15) is 4.79 Å². The highest BCUT2D eigenvalue weighted by Gasteiger charge is 2.03. The number of urea groups is 1. The number of thiophene rings is 1. The van der Waals surface area contributed by atoms with E-state index in [1.54, 1.807) is 11.3 Å². The van der Waals surface area contributed by atoms with Crippen LogP contribution in [0.5, 0.6) is 0 Å². The minimum absolute atomic E-state index is 0.221. The number of nitrogens with two attached hydrogens (primary N) is 1. The second kappa shape index (κ2) is 7.48. The lowest BCUT2D eigenvalue weighted by molar-refractivity contribution is 0.252. The molecule has 108 valence electrons. The first-order valence-electron chi connectivity index (χ1n) is 6.56. The van der Waals surface area contributed by atoms with Gasteiger partial charge in [0.1, 0.15) is 0 Å². The van der Waals surface area contributed by atoms with E-state index in [1.165, 1.54) is 0 Å². The van der Waals surface area contributed by atoms with Crippen LogP contribution in [-0.2, 0) is 6.54 Å². The Bertz CT molecular complexity index is 665. The van der Waals surface area contributed by atoms with E-state index in [0.717, 1.165) is 21.0 Å². The van der Waals surface area contributed by atoms with Crippen LogP contribution in [0.3, 0.4) is 0 Å². The molecule has 0 aliphatic carbocycles. The van der Waals surface area contributed by atoms with Crippen molar-refractivity contribution in [3.63, 3.8) is 0 Å². The molecular weight excluding hydrogens is 282 g/mol. The van der Waals surface area contributed by atoms with Gasteiger partial charge in [-0.2, -0.15) is 0 Å². The van der Waals surface area contributed by atoms with Crippen molar-refractivity contribution in [1.29, 1.82) is 0 Å². The fraction of sp³-hybridized carbons (Fsp3) is 0.188. The molecule has 2 aromatic rings. The number of carbonyl (C=O) groups is 1. The van der Waals surface area contributed by atoms with Crippen molar-refractivity contribution in [3.05, 3.63) is 51.7 Å². The monoisotopic (exact) mass is 299 g/mol. The Morgan fingerprint density at radius 2 is 2.00 bits per heavy atom. The Morgan fingerprint density at radius 3 is 2.71 bits per heavy atom. The fourth-order valence-electron chi connectivity index (χ4n) is 1.66. The van der Waals surface area contributed by atoms with Crippen molar-refractivity contribution in [2.75, 3.05) is 11.9 Å². The van der Waals surface area contributed by atoms with Crippen molar-refractivity contribution in [3.8, 4) is 11.8 Å². The van der Waals surface area contributed by atoms with E-state index in [1.807, 2.05) is 43.3 Å². The summed E-state index contributed by atoms with van der Waals surface area (Å²) >= 11 is 1.55. The largest absolute Gasteiger partial charge is 0.333 e. The number of rotatable bonds is 3. The van der Waals surface area contributed by atoms with Gasteiger partial charge in [-0.3, -0.25) is 0 Å². The molecular formula is C16H17N3OS. The van der Waals surface area contributed by atoms with Gasteiger partial charge in [0, 0.05) is 10.6 Å². The predicted molar refractivity (Wildman–Crippen MR) is 87.3 cm³/mol. The zero-order valence-corrected chi connectivity index (χ0v) is 12.6.